The molecule has 6 heteroatoms. The summed E-state index contributed by atoms with van der Waals surface area (Å²) < 4.78 is 2.81. The van der Waals surface area contributed by atoms with Crippen LogP contribution in [0.15, 0.2) is 33.2 Å². The Morgan fingerprint density at radius 2 is 1.88 bits per heavy atom. The molecule has 2 rings (SSSR count). The predicted octanol–water partition coefficient (Wildman–Crippen LogP) is 3.31. The molecule has 0 aliphatic rings. The van der Waals surface area contributed by atoms with Gasteiger partial charge in [0.25, 0.3) is 0 Å². The van der Waals surface area contributed by atoms with E-state index in [1.165, 1.54) is 4.68 Å². The van der Waals surface area contributed by atoms with Crippen molar-refractivity contribution < 1.29 is 9.90 Å². The van der Waals surface area contributed by atoms with Crippen LogP contribution in [0.3, 0.4) is 0 Å². The van der Waals surface area contributed by atoms with Crippen molar-refractivity contribution >= 4 is 37.8 Å². The van der Waals surface area contributed by atoms with Gasteiger partial charge < -0.3 is 5.11 Å². The summed E-state index contributed by atoms with van der Waals surface area (Å²) in [6.07, 6.45) is 0. The van der Waals surface area contributed by atoms with E-state index in [2.05, 4.69) is 37.0 Å². The molecule has 0 saturated heterocycles. The van der Waals surface area contributed by atoms with E-state index in [-0.39, 0.29) is 5.69 Å². The van der Waals surface area contributed by atoms with Crippen LogP contribution in [0.5, 0.6) is 0 Å². The van der Waals surface area contributed by atoms with E-state index in [0.29, 0.717) is 10.2 Å². The van der Waals surface area contributed by atoms with E-state index >= 15 is 0 Å². The van der Waals surface area contributed by atoms with Gasteiger partial charge in [-0.25, -0.2) is 4.79 Å². The average molecular weight is 360 g/mol. The molecular formula is C11H8Br2N2O2. The minimum Gasteiger partial charge on any atom is -0.476 e. The van der Waals surface area contributed by atoms with Gasteiger partial charge in [0.15, 0.2) is 5.69 Å². The van der Waals surface area contributed by atoms with E-state index in [1.807, 2.05) is 24.3 Å². The summed E-state index contributed by atoms with van der Waals surface area (Å²) in [6, 6.07) is 7.53. The maximum Gasteiger partial charge on any atom is 0.355 e. The molecule has 0 aliphatic heterocycles. The van der Waals surface area contributed by atoms with Crippen LogP contribution < -0.4 is 0 Å². The number of aryl methyl sites for hydroxylation is 1. The van der Waals surface area contributed by atoms with E-state index in [1.54, 1.807) is 7.05 Å². The molecule has 2 aromatic rings. The summed E-state index contributed by atoms with van der Waals surface area (Å²) >= 11 is 6.63. The van der Waals surface area contributed by atoms with Crippen molar-refractivity contribution in [2.75, 3.05) is 0 Å². The lowest BCUT2D eigenvalue weighted by Gasteiger charge is -1.97. The minimum absolute atomic E-state index is 0.142. The van der Waals surface area contributed by atoms with Gasteiger partial charge in [0.2, 0.25) is 0 Å². The van der Waals surface area contributed by atoms with Crippen molar-refractivity contribution in [3.8, 4) is 11.3 Å². The highest BCUT2D eigenvalue weighted by Crippen LogP contribution is 2.30. The normalized spacial score (nSPS) is 10.5. The molecule has 0 atom stereocenters. The molecule has 0 radical (unpaired) electrons. The molecule has 0 bridgehead atoms. The van der Waals surface area contributed by atoms with Crippen molar-refractivity contribution in [3.05, 3.63) is 38.9 Å². The van der Waals surface area contributed by atoms with Gasteiger partial charge in [-0.15, -0.1) is 0 Å². The largest absolute Gasteiger partial charge is 0.476 e. The van der Waals surface area contributed by atoms with Gasteiger partial charge in [-0.05, 0) is 28.1 Å². The third-order valence-corrected chi connectivity index (χ3v) is 3.59. The zero-order chi connectivity index (χ0) is 12.6. The highest BCUT2D eigenvalue weighted by Gasteiger charge is 2.20. The number of nitrogens with zero attached hydrogens (tertiary/aromatic N) is 2. The van der Waals surface area contributed by atoms with Crippen LogP contribution in [0, 0.1) is 0 Å². The Hall–Kier alpha value is -1.14. The van der Waals surface area contributed by atoms with Gasteiger partial charge in [0.05, 0.1) is 4.47 Å². The standard InChI is InChI=1S/C11H8Br2N2O2/c1-15-10(11(16)17)8(13)9(14-15)6-2-4-7(12)5-3-6/h2-5H,1H3,(H,16,17). The summed E-state index contributed by atoms with van der Waals surface area (Å²) in [5.74, 6) is -1.00. The Balaban J connectivity index is 2.57. The first-order valence-corrected chi connectivity index (χ1v) is 6.31. The summed E-state index contributed by atoms with van der Waals surface area (Å²) in [6.45, 7) is 0. The highest BCUT2D eigenvalue weighted by molar-refractivity contribution is 9.11. The number of aromatic carboxylic acids is 1. The third-order valence-electron chi connectivity index (χ3n) is 2.31. The summed E-state index contributed by atoms with van der Waals surface area (Å²) in [4.78, 5) is 11.0. The lowest BCUT2D eigenvalue weighted by atomic mass is 10.1. The zero-order valence-electron chi connectivity index (χ0n) is 8.82. The maximum absolute atomic E-state index is 11.0. The first kappa shape index (κ1) is 12.3. The smallest absolute Gasteiger partial charge is 0.355 e. The molecular weight excluding hydrogens is 352 g/mol. The number of carboxylic acid groups (broad SMARTS) is 1. The molecule has 1 N–H and O–H groups in total. The molecule has 0 saturated carbocycles. The van der Waals surface area contributed by atoms with Crippen LogP contribution in [0.25, 0.3) is 11.3 Å². The second-order valence-electron chi connectivity index (χ2n) is 3.45. The fourth-order valence-electron chi connectivity index (χ4n) is 1.52. The molecule has 17 heavy (non-hydrogen) atoms. The van der Waals surface area contributed by atoms with Crippen LogP contribution in [0.2, 0.25) is 0 Å². The molecule has 1 aromatic heterocycles. The zero-order valence-corrected chi connectivity index (χ0v) is 12.0. The number of rotatable bonds is 2. The van der Waals surface area contributed by atoms with Crippen molar-refractivity contribution in [2.24, 2.45) is 7.05 Å². The van der Waals surface area contributed by atoms with Gasteiger partial charge in [-0.3, -0.25) is 4.68 Å². The first-order valence-electron chi connectivity index (χ1n) is 4.72. The van der Waals surface area contributed by atoms with Crippen LogP contribution in [-0.2, 0) is 7.05 Å². The van der Waals surface area contributed by atoms with E-state index in [4.69, 9.17) is 5.11 Å². The molecule has 1 heterocycles. The Morgan fingerprint density at radius 1 is 1.29 bits per heavy atom. The minimum atomic E-state index is -1.00. The third kappa shape index (κ3) is 2.28. The Morgan fingerprint density at radius 3 is 2.35 bits per heavy atom. The van der Waals surface area contributed by atoms with Crippen molar-refractivity contribution in [1.29, 1.82) is 0 Å². The SMILES string of the molecule is Cn1nc(-c2ccc(Br)cc2)c(Br)c1C(=O)O. The van der Waals surface area contributed by atoms with E-state index in [9.17, 15) is 4.79 Å². The van der Waals surface area contributed by atoms with Gasteiger partial charge in [-0.1, -0.05) is 28.1 Å². The molecule has 88 valence electrons. The van der Waals surface area contributed by atoms with Gasteiger partial charge in [-0.2, -0.15) is 5.10 Å². The topological polar surface area (TPSA) is 55.1 Å². The van der Waals surface area contributed by atoms with Crippen LogP contribution in [-0.4, -0.2) is 20.9 Å². The number of hydrogen-bond acceptors (Lipinski definition) is 2. The Labute approximate surface area is 115 Å². The number of carbonyl (C=O) groups is 1. The molecule has 0 aliphatic carbocycles. The number of carboxylic acids is 1. The van der Waals surface area contributed by atoms with Gasteiger partial charge in [0, 0.05) is 17.1 Å². The van der Waals surface area contributed by atoms with Crippen molar-refractivity contribution in [2.45, 2.75) is 0 Å². The Bertz CT molecular complexity index is 576. The summed E-state index contributed by atoms with van der Waals surface area (Å²) in [5, 5.41) is 13.3. The Kier molecular flexibility index (Phi) is 3.35. The maximum atomic E-state index is 11.0. The summed E-state index contributed by atoms with van der Waals surface area (Å²) in [7, 11) is 1.61. The number of hydrogen-bond donors (Lipinski definition) is 1. The van der Waals surface area contributed by atoms with Gasteiger partial charge in [0.1, 0.15) is 5.69 Å². The fourth-order valence-corrected chi connectivity index (χ4v) is 2.52. The number of benzene rings is 1. The van der Waals surface area contributed by atoms with Crippen LogP contribution in [0.1, 0.15) is 10.5 Å². The monoisotopic (exact) mass is 358 g/mol. The molecule has 0 fully saturated rings. The molecule has 0 amide bonds. The number of halogens is 2. The van der Waals surface area contributed by atoms with Crippen molar-refractivity contribution in [3.63, 3.8) is 0 Å². The quantitative estimate of drug-likeness (QED) is 0.894. The van der Waals surface area contributed by atoms with E-state index < -0.39 is 5.97 Å². The van der Waals surface area contributed by atoms with Crippen LogP contribution >= 0.6 is 31.9 Å². The van der Waals surface area contributed by atoms with Crippen molar-refractivity contribution in [1.82, 2.24) is 9.78 Å². The fraction of sp³-hybridized carbons (Fsp3) is 0.0909. The van der Waals surface area contributed by atoms with Gasteiger partial charge >= 0.3 is 5.97 Å². The second-order valence-corrected chi connectivity index (χ2v) is 5.16. The van der Waals surface area contributed by atoms with E-state index in [0.717, 1.165) is 10.0 Å². The first-order chi connectivity index (χ1) is 8.00. The predicted molar refractivity (Wildman–Crippen MR) is 71.0 cm³/mol. The molecule has 0 spiro atoms. The lowest BCUT2D eigenvalue weighted by molar-refractivity contribution is 0.0684. The second kappa shape index (κ2) is 4.62. The number of aromatic nitrogens is 2. The highest BCUT2D eigenvalue weighted by atomic mass is 79.9. The lowest BCUT2D eigenvalue weighted by Crippen LogP contribution is -2.05. The molecule has 0 unspecified atom stereocenters. The van der Waals surface area contributed by atoms with Crippen LogP contribution in [0.4, 0.5) is 0 Å². The average Bonchev–Trinajstić information content (AvgIpc) is 2.55. The molecule has 1 aromatic carbocycles. The molecule has 4 nitrogen and oxygen atoms in total. The summed E-state index contributed by atoms with van der Waals surface area (Å²) in [5.41, 5.74) is 1.63.